The van der Waals surface area contributed by atoms with E-state index in [2.05, 4.69) is 0 Å². The van der Waals surface area contributed by atoms with Gasteiger partial charge in [-0.3, -0.25) is 4.79 Å². The van der Waals surface area contributed by atoms with Gasteiger partial charge in [0.05, 0.1) is 0 Å². The first-order valence-electron chi connectivity index (χ1n) is 2.07. The Bertz CT molecular complexity index is 72.1. The van der Waals surface area contributed by atoms with Gasteiger partial charge in [0.15, 0.2) is 0 Å². The van der Waals surface area contributed by atoms with Gasteiger partial charge in [-0.25, -0.2) is 0 Å². The molecular formula is C4H8ClNO. The van der Waals surface area contributed by atoms with Gasteiger partial charge < -0.3 is 5.73 Å². The molecule has 0 aromatic carbocycles. The quantitative estimate of drug-likeness (QED) is 0.541. The molecule has 0 aromatic heterocycles. The van der Waals surface area contributed by atoms with Crippen molar-refractivity contribution < 1.29 is 4.79 Å². The van der Waals surface area contributed by atoms with Gasteiger partial charge in [-0.2, -0.15) is 0 Å². The molecule has 0 amide bonds. The summed E-state index contributed by atoms with van der Waals surface area (Å²) in [5.41, 5.74) is 5.19. The van der Waals surface area contributed by atoms with E-state index in [1.165, 1.54) is 0 Å². The van der Waals surface area contributed by atoms with Gasteiger partial charge in [-0.15, -0.1) is 0 Å². The van der Waals surface area contributed by atoms with Crippen molar-refractivity contribution >= 4 is 16.8 Å². The van der Waals surface area contributed by atoms with Crippen LogP contribution < -0.4 is 5.73 Å². The van der Waals surface area contributed by atoms with Crippen LogP contribution in [0.15, 0.2) is 0 Å². The summed E-state index contributed by atoms with van der Waals surface area (Å²) in [6, 6.07) is -0.106. The van der Waals surface area contributed by atoms with Crippen molar-refractivity contribution in [3.8, 4) is 0 Å². The molecule has 0 bridgehead atoms. The summed E-state index contributed by atoms with van der Waals surface area (Å²) in [5, 5.41) is -0.366. The minimum Gasteiger partial charge on any atom is -0.327 e. The zero-order valence-corrected chi connectivity index (χ0v) is 4.90. The molecule has 0 rings (SSSR count). The molecule has 1 unspecified atom stereocenters. The van der Waals surface area contributed by atoms with Crippen LogP contribution in [-0.4, -0.2) is 11.3 Å². The van der Waals surface area contributed by atoms with Crippen molar-refractivity contribution in [1.29, 1.82) is 0 Å². The van der Waals surface area contributed by atoms with Gasteiger partial charge in [0.2, 0.25) is 5.24 Å². The number of hydrogen-bond acceptors (Lipinski definition) is 2. The summed E-state index contributed by atoms with van der Waals surface area (Å²) in [7, 11) is 0. The lowest BCUT2D eigenvalue weighted by atomic mass is 10.3. The highest BCUT2D eigenvalue weighted by Crippen LogP contribution is 1.90. The fraction of sp³-hybridized carbons (Fsp3) is 0.750. The summed E-state index contributed by atoms with van der Waals surface area (Å²) in [6.45, 7) is 1.74. The van der Waals surface area contributed by atoms with Crippen LogP contribution in [0, 0.1) is 0 Å². The lowest BCUT2D eigenvalue weighted by molar-refractivity contribution is -0.111. The maximum absolute atomic E-state index is 9.94. The molecule has 0 aromatic rings. The molecule has 0 saturated heterocycles. The van der Waals surface area contributed by atoms with Crippen molar-refractivity contribution in [3.63, 3.8) is 0 Å². The van der Waals surface area contributed by atoms with Gasteiger partial charge in [-0.1, -0.05) is 0 Å². The average Bonchev–Trinajstić information content (AvgIpc) is 1.27. The highest BCUT2D eigenvalue weighted by atomic mass is 35.5. The Morgan fingerprint density at radius 2 is 2.43 bits per heavy atom. The molecule has 0 aliphatic rings. The monoisotopic (exact) mass is 121 g/mol. The van der Waals surface area contributed by atoms with Gasteiger partial charge in [0.25, 0.3) is 0 Å². The summed E-state index contributed by atoms with van der Waals surface area (Å²) in [5.74, 6) is 0. The normalized spacial score (nSPS) is 13.6. The Morgan fingerprint density at radius 1 is 2.00 bits per heavy atom. The first-order valence-corrected chi connectivity index (χ1v) is 2.44. The molecule has 1 atom stereocenters. The first kappa shape index (κ1) is 6.92. The van der Waals surface area contributed by atoms with Gasteiger partial charge in [0.1, 0.15) is 0 Å². The lowest BCUT2D eigenvalue weighted by Crippen LogP contribution is -2.16. The molecule has 42 valence electrons. The van der Waals surface area contributed by atoms with Crippen LogP contribution in [-0.2, 0) is 4.79 Å². The van der Waals surface area contributed by atoms with E-state index < -0.39 is 0 Å². The Kier molecular flexibility index (Phi) is 2.96. The topological polar surface area (TPSA) is 43.1 Å². The van der Waals surface area contributed by atoms with Crippen LogP contribution in [0.25, 0.3) is 0 Å². The van der Waals surface area contributed by atoms with Crippen LogP contribution in [0.5, 0.6) is 0 Å². The van der Waals surface area contributed by atoms with Gasteiger partial charge in [0, 0.05) is 12.5 Å². The van der Waals surface area contributed by atoms with E-state index >= 15 is 0 Å². The van der Waals surface area contributed by atoms with Crippen LogP contribution in [0.4, 0.5) is 0 Å². The standard InChI is InChI=1S/C4H8ClNO/c1-3(6)2-4(5)7/h3H,2,6H2,1H3. The maximum Gasteiger partial charge on any atom is 0.223 e. The minimum atomic E-state index is -0.366. The van der Waals surface area contributed by atoms with Crippen molar-refractivity contribution in [1.82, 2.24) is 0 Å². The largest absolute Gasteiger partial charge is 0.327 e. The number of carbonyl (C=O) groups is 1. The second kappa shape index (κ2) is 2.99. The molecular weight excluding hydrogens is 114 g/mol. The van der Waals surface area contributed by atoms with Gasteiger partial charge >= 0.3 is 0 Å². The number of rotatable bonds is 2. The maximum atomic E-state index is 9.94. The molecule has 2 nitrogen and oxygen atoms in total. The van der Waals surface area contributed by atoms with Crippen molar-refractivity contribution in [3.05, 3.63) is 0 Å². The SMILES string of the molecule is CC(N)CC(=O)Cl. The molecule has 7 heavy (non-hydrogen) atoms. The van der Waals surface area contributed by atoms with E-state index in [4.69, 9.17) is 17.3 Å². The number of hydrogen-bond donors (Lipinski definition) is 1. The molecule has 0 heterocycles. The third-order valence-corrected chi connectivity index (χ3v) is 0.637. The number of halogens is 1. The fourth-order valence-electron chi connectivity index (χ4n) is 0.253. The molecule has 0 saturated carbocycles. The van der Waals surface area contributed by atoms with E-state index in [0.717, 1.165) is 0 Å². The molecule has 0 aliphatic heterocycles. The molecule has 0 spiro atoms. The van der Waals surface area contributed by atoms with E-state index in [1.54, 1.807) is 6.92 Å². The molecule has 0 radical (unpaired) electrons. The van der Waals surface area contributed by atoms with Crippen molar-refractivity contribution in [2.24, 2.45) is 5.73 Å². The Balaban J connectivity index is 3.13. The van der Waals surface area contributed by atoms with Gasteiger partial charge in [-0.05, 0) is 18.5 Å². The highest BCUT2D eigenvalue weighted by molar-refractivity contribution is 6.63. The van der Waals surface area contributed by atoms with Crippen LogP contribution in [0.2, 0.25) is 0 Å². The second-order valence-corrected chi connectivity index (χ2v) is 1.96. The van der Waals surface area contributed by atoms with E-state index in [1.807, 2.05) is 0 Å². The van der Waals surface area contributed by atoms with Crippen molar-refractivity contribution in [2.75, 3.05) is 0 Å². The Hall–Kier alpha value is -0.0800. The smallest absolute Gasteiger partial charge is 0.223 e. The zero-order valence-electron chi connectivity index (χ0n) is 4.15. The summed E-state index contributed by atoms with van der Waals surface area (Å²) in [6.07, 6.45) is 0.265. The predicted octanol–water partition coefficient (Wildman–Crippen LogP) is 0.489. The van der Waals surface area contributed by atoms with E-state index in [-0.39, 0.29) is 17.7 Å². The molecule has 0 aliphatic carbocycles. The second-order valence-electron chi connectivity index (χ2n) is 1.54. The number of carbonyl (C=O) groups excluding carboxylic acids is 1. The van der Waals surface area contributed by atoms with Crippen molar-refractivity contribution in [2.45, 2.75) is 19.4 Å². The van der Waals surface area contributed by atoms with Crippen LogP contribution in [0.3, 0.4) is 0 Å². The fourth-order valence-corrected chi connectivity index (χ4v) is 0.497. The van der Waals surface area contributed by atoms with Crippen LogP contribution in [0.1, 0.15) is 13.3 Å². The first-order chi connectivity index (χ1) is 3.13. The molecule has 2 N–H and O–H groups in total. The highest BCUT2D eigenvalue weighted by Gasteiger charge is 1.98. The summed E-state index contributed by atoms with van der Waals surface area (Å²) in [4.78, 5) is 9.94. The van der Waals surface area contributed by atoms with E-state index in [9.17, 15) is 4.79 Å². The lowest BCUT2D eigenvalue weighted by Gasteiger charge is -1.94. The average molecular weight is 122 g/mol. The Morgan fingerprint density at radius 3 is 2.43 bits per heavy atom. The molecule has 3 heteroatoms. The Labute approximate surface area is 47.6 Å². The third-order valence-electron chi connectivity index (χ3n) is 0.482. The van der Waals surface area contributed by atoms with E-state index in [0.29, 0.717) is 0 Å². The predicted molar refractivity (Wildman–Crippen MR) is 29.1 cm³/mol. The molecule has 0 fully saturated rings. The zero-order chi connectivity index (χ0) is 5.86. The number of nitrogens with two attached hydrogens (primary N) is 1. The summed E-state index contributed by atoms with van der Waals surface area (Å²) >= 11 is 4.95. The third kappa shape index (κ3) is 5.92. The van der Waals surface area contributed by atoms with Crippen LogP contribution >= 0.6 is 11.6 Å². The summed E-state index contributed by atoms with van der Waals surface area (Å²) < 4.78 is 0. The minimum absolute atomic E-state index is 0.106.